The number of hydrogen-bond donors (Lipinski definition) is 3. The zero-order valence-electron chi connectivity index (χ0n) is 14.3. The number of rotatable bonds is 4. The van der Waals surface area contributed by atoms with Crippen molar-refractivity contribution in [2.24, 2.45) is 5.92 Å². The lowest BCUT2D eigenvalue weighted by Gasteiger charge is -2.29. The van der Waals surface area contributed by atoms with Crippen LogP contribution >= 0.6 is 0 Å². The Kier molecular flexibility index (Phi) is 4.97. The van der Waals surface area contributed by atoms with Gasteiger partial charge in [0.05, 0.1) is 17.9 Å². The summed E-state index contributed by atoms with van der Waals surface area (Å²) in [4.78, 5) is 24.1. The van der Waals surface area contributed by atoms with Crippen LogP contribution in [0.2, 0.25) is 0 Å². The standard InChI is InChI=1S/C17H22N6O2/c1-11-8-9-18-16(24)15(11)20-17(25)19-12(2)14-10-23(22-21-14)13-6-4-3-5-7-13/h3-7,10-12,15H,8-9H2,1-2H3,(H,18,24)(H2,19,20,25)/t11-,12+,15-/m1/s1. The summed E-state index contributed by atoms with van der Waals surface area (Å²) >= 11 is 0. The lowest BCUT2D eigenvalue weighted by Crippen LogP contribution is -2.56. The van der Waals surface area contributed by atoms with Crippen molar-refractivity contribution in [1.29, 1.82) is 0 Å². The van der Waals surface area contributed by atoms with Gasteiger partial charge in [-0.15, -0.1) is 5.10 Å². The van der Waals surface area contributed by atoms with E-state index < -0.39 is 12.1 Å². The fourth-order valence-electron chi connectivity index (χ4n) is 2.80. The molecule has 0 spiro atoms. The molecule has 3 N–H and O–H groups in total. The van der Waals surface area contributed by atoms with Crippen LogP contribution in [-0.4, -0.2) is 39.5 Å². The van der Waals surface area contributed by atoms with E-state index in [0.717, 1.165) is 12.1 Å². The van der Waals surface area contributed by atoms with Crippen LogP contribution in [0.3, 0.4) is 0 Å². The Morgan fingerprint density at radius 3 is 2.84 bits per heavy atom. The molecule has 1 aliphatic rings. The van der Waals surface area contributed by atoms with Crippen molar-refractivity contribution in [1.82, 2.24) is 30.9 Å². The normalized spacial score (nSPS) is 21.3. The van der Waals surface area contributed by atoms with E-state index in [-0.39, 0.29) is 17.9 Å². The fraction of sp³-hybridized carbons (Fsp3) is 0.412. The number of benzene rings is 1. The summed E-state index contributed by atoms with van der Waals surface area (Å²) in [5.74, 6) is -0.0367. The maximum Gasteiger partial charge on any atom is 0.315 e. The number of amides is 3. The van der Waals surface area contributed by atoms with Gasteiger partial charge in [-0.05, 0) is 31.4 Å². The van der Waals surface area contributed by atoms with E-state index in [0.29, 0.717) is 12.2 Å². The highest BCUT2D eigenvalue weighted by Gasteiger charge is 2.30. The van der Waals surface area contributed by atoms with Gasteiger partial charge in [0, 0.05) is 6.54 Å². The van der Waals surface area contributed by atoms with Gasteiger partial charge in [0.25, 0.3) is 0 Å². The average molecular weight is 342 g/mol. The van der Waals surface area contributed by atoms with Gasteiger partial charge in [-0.1, -0.05) is 30.3 Å². The van der Waals surface area contributed by atoms with Gasteiger partial charge in [0.15, 0.2) is 0 Å². The summed E-state index contributed by atoms with van der Waals surface area (Å²) in [7, 11) is 0. The number of nitrogens with one attached hydrogen (secondary N) is 3. The van der Waals surface area contributed by atoms with Crippen molar-refractivity contribution in [3.63, 3.8) is 0 Å². The third-order valence-corrected chi connectivity index (χ3v) is 4.36. The molecule has 0 radical (unpaired) electrons. The van der Waals surface area contributed by atoms with E-state index in [1.807, 2.05) is 44.2 Å². The first-order chi connectivity index (χ1) is 12.0. The van der Waals surface area contributed by atoms with Crippen LogP contribution in [0, 0.1) is 5.92 Å². The van der Waals surface area contributed by atoms with Crippen molar-refractivity contribution < 1.29 is 9.59 Å². The number of para-hydroxylation sites is 1. The van der Waals surface area contributed by atoms with Gasteiger partial charge in [-0.3, -0.25) is 4.79 Å². The maximum atomic E-state index is 12.2. The number of aromatic nitrogens is 3. The Morgan fingerprint density at radius 1 is 1.36 bits per heavy atom. The van der Waals surface area contributed by atoms with Gasteiger partial charge >= 0.3 is 6.03 Å². The lowest BCUT2D eigenvalue weighted by atomic mass is 9.94. The zero-order chi connectivity index (χ0) is 17.8. The molecule has 1 fully saturated rings. The number of piperidine rings is 1. The first kappa shape index (κ1) is 16.9. The minimum atomic E-state index is -0.513. The Labute approximate surface area is 146 Å². The van der Waals surface area contributed by atoms with Crippen LogP contribution in [0.5, 0.6) is 0 Å². The Morgan fingerprint density at radius 2 is 2.12 bits per heavy atom. The SMILES string of the molecule is C[C@H](NC(=O)N[C@H]1C(=O)NCC[C@H]1C)c1cn(-c2ccccc2)nn1. The van der Waals surface area contributed by atoms with Crippen molar-refractivity contribution >= 4 is 11.9 Å². The Hall–Kier alpha value is -2.90. The van der Waals surface area contributed by atoms with Gasteiger partial charge in [-0.25, -0.2) is 9.48 Å². The zero-order valence-corrected chi connectivity index (χ0v) is 14.3. The molecule has 3 rings (SSSR count). The second-order valence-electron chi connectivity index (χ2n) is 6.30. The molecule has 8 heteroatoms. The molecule has 3 amide bonds. The molecule has 0 aliphatic carbocycles. The fourth-order valence-corrected chi connectivity index (χ4v) is 2.80. The molecule has 8 nitrogen and oxygen atoms in total. The largest absolute Gasteiger partial charge is 0.354 e. The Balaban J connectivity index is 1.60. The second kappa shape index (κ2) is 7.33. The molecule has 1 saturated heterocycles. The van der Waals surface area contributed by atoms with Crippen LogP contribution in [0.25, 0.3) is 5.69 Å². The maximum absolute atomic E-state index is 12.2. The van der Waals surface area contributed by atoms with E-state index in [2.05, 4.69) is 26.3 Å². The van der Waals surface area contributed by atoms with E-state index in [4.69, 9.17) is 0 Å². The quantitative estimate of drug-likeness (QED) is 0.776. The molecule has 2 aromatic rings. The molecule has 25 heavy (non-hydrogen) atoms. The van der Waals surface area contributed by atoms with Crippen molar-refractivity contribution in [2.45, 2.75) is 32.4 Å². The van der Waals surface area contributed by atoms with Gasteiger partial charge in [-0.2, -0.15) is 0 Å². The monoisotopic (exact) mass is 342 g/mol. The van der Waals surface area contributed by atoms with Crippen molar-refractivity contribution in [3.8, 4) is 5.69 Å². The number of carbonyl (C=O) groups excluding carboxylic acids is 2. The molecule has 1 aromatic carbocycles. The summed E-state index contributed by atoms with van der Waals surface area (Å²) in [5.41, 5.74) is 1.53. The van der Waals surface area contributed by atoms with Crippen molar-refractivity contribution in [3.05, 3.63) is 42.2 Å². The topological polar surface area (TPSA) is 101 Å². The third-order valence-electron chi connectivity index (χ3n) is 4.36. The number of urea groups is 1. The first-order valence-electron chi connectivity index (χ1n) is 8.37. The summed E-state index contributed by atoms with van der Waals surface area (Å²) in [5, 5.41) is 16.5. The molecule has 0 unspecified atom stereocenters. The smallest absolute Gasteiger partial charge is 0.315 e. The number of hydrogen-bond acceptors (Lipinski definition) is 4. The van der Waals surface area contributed by atoms with Gasteiger partial charge in [0.1, 0.15) is 11.7 Å². The average Bonchev–Trinajstić information content (AvgIpc) is 3.09. The molecule has 1 aromatic heterocycles. The van der Waals surface area contributed by atoms with Crippen LogP contribution < -0.4 is 16.0 Å². The van der Waals surface area contributed by atoms with E-state index in [9.17, 15) is 9.59 Å². The number of carbonyl (C=O) groups is 2. The van der Waals surface area contributed by atoms with E-state index in [1.54, 1.807) is 10.9 Å². The predicted molar refractivity (Wildman–Crippen MR) is 92.0 cm³/mol. The molecule has 1 aliphatic heterocycles. The van der Waals surface area contributed by atoms with E-state index >= 15 is 0 Å². The van der Waals surface area contributed by atoms with Crippen LogP contribution in [0.15, 0.2) is 36.5 Å². The minimum Gasteiger partial charge on any atom is -0.354 e. The lowest BCUT2D eigenvalue weighted by molar-refractivity contribution is -0.125. The van der Waals surface area contributed by atoms with Gasteiger partial charge in [0.2, 0.25) is 5.91 Å². The molecule has 2 heterocycles. The van der Waals surface area contributed by atoms with Crippen LogP contribution in [0.1, 0.15) is 32.0 Å². The highest BCUT2D eigenvalue weighted by atomic mass is 16.2. The molecule has 0 bridgehead atoms. The van der Waals surface area contributed by atoms with E-state index in [1.165, 1.54) is 0 Å². The summed E-state index contributed by atoms with van der Waals surface area (Å²) in [6.45, 7) is 4.43. The summed E-state index contributed by atoms with van der Waals surface area (Å²) in [6, 6.07) is 8.37. The van der Waals surface area contributed by atoms with Crippen LogP contribution in [-0.2, 0) is 4.79 Å². The van der Waals surface area contributed by atoms with Gasteiger partial charge < -0.3 is 16.0 Å². The first-order valence-corrected chi connectivity index (χ1v) is 8.37. The number of nitrogens with zero attached hydrogens (tertiary/aromatic N) is 3. The summed E-state index contributed by atoms with van der Waals surface area (Å²) in [6.07, 6.45) is 2.62. The summed E-state index contributed by atoms with van der Waals surface area (Å²) < 4.78 is 1.65. The molecular weight excluding hydrogens is 320 g/mol. The Bertz CT molecular complexity index is 745. The molecule has 3 atom stereocenters. The molecule has 132 valence electrons. The third kappa shape index (κ3) is 3.96. The highest BCUT2D eigenvalue weighted by molar-refractivity contribution is 5.87. The molecular formula is C17H22N6O2. The predicted octanol–water partition coefficient (Wildman–Crippen LogP) is 1.15. The minimum absolute atomic E-state index is 0.105. The second-order valence-corrected chi connectivity index (χ2v) is 6.30. The molecule has 0 saturated carbocycles. The highest BCUT2D eigenvalue weighted by Crippen LogP contribution is 2.14. The van der Waals surface area contributed by atoms with Crippen molar-refractivity contribution in [2.75, 3.05) is 6.54 Å². The van der Waals surface area contributed by atoms with Crippen LogP contribution in [0.4, 0.5) is 4.79 Å².